The van der Waals surface area contributed by atoms with Gasteiger partial charge in [-0.15, -0.1) is 0 Å². The van der Waals surface area contributed by atoms with Gasteiger partial charge in [0, 0.05) is 6.42 Å². The third kappa shape index (κ3) is 19.7. The summed E-state index contributed by atoms with van der Waals surface area (Å²) in [7, 11) is -4.76. The maximum atomic E-state index is 12.2. The number of carbonyl (C=O) groups excluding carboxylic acids is 2. The van der Waals surface area contributed by atoms with Crippen LogP contribution in [0.25, 0.3) is 0 Å². The van der Waals surface area contributed by atoms with E-state index in [0.717, 1.165) is 32.1 Å². The van der Waals surface area contributed by atoms with Crippen LogP contribution >= 0.6 is 7.82 Å². The molecule has 0 bridgehead atoms. The average Bonchev–Trinajstić information content (AvgIpc) is 2.87. The number of unbranched alkanes of at least 4 members (excludes halogenated alkanes) is 11. The van der Waals surface area contributed by atoms with E-state index in [1.807, 2.05) is 0 Å². The molecule has 1 aromatic carbocycles. The molecule has 0 aromatic heterocycles. The number of phosphoric acid groups is 1. The molecule has 1 atom stereocenters. The van der Waals surface area contributed by atoms with E-state index in [0.29, 0.717) is 6.42 Å². The fourth-order valence-corrected chi connectivity index (χ4v) is 4.05. The molecule has 9 heteroatoms. The quantitative estimate of drug-likeness (QED) is 0.0705. The number of phosphoric ester groups is 1. The molecule has 0 aliphatic rings. The zero-order chi connectivity index (χ0) is 27.2. The highest BCUT2D eigenvalue weighted by molar-refractivity contribution is 7.46. The fraction of sp³-hybridized carbons (Fsp3) is 0.643. The number of allylic oxidation sites excluding steroid dienone is 2. The van der Waals surface area contributed by atoms with Crippen LogP contribution < -0.4 is 0 Å². The topological polar surface area (TPSA) is 119 Å². The highest BCUT2D eigenvalue weighted by atomic mass is 31.2. The number of benzene rings is 1. The molecule has 0 heterocycles. The molecule has 1 aromatic rings. The zero-order valence-corrected chi connectivity index (χ0v) is 23.1. The van der Waals surface area contributed by atoms with Gasteiger partial charge < -0.3 is 19.3 Å². The first-order valence-corrected chi connectivity index (χ1v) is 15.1. The summed E-state index contributed by atoms with van der Waals surface area (Å²) in [6.07, 6.45) is 18.8. The molecule has 0 aliphatic heterocycles. The minimum Gasteiger partial charge on any atom is -0.462 e. The number of hydrogen-bond acceptors (Lipinski definition) is 6. The highest BCUT2D eigenvalue weighted by Gasteiger charge is 2.23. The Balaban J connectivity index is 2.15. The van der Waals surface area contributed by atoms with Crippen LogP contribution in [0.2, 0.25) is 0 Å². The third-order valence-electron chi connectivity index (χ3n) is 5.78. The molecule has 0 amide bonds. The van der Waals surface area contributed by atoms with E-state index in [4.69, 9.17) is 19.3 Å². The lowest BCUT2D eigenvalue weighted by Crippen LogP contribution is -2.29. The summed E-state index contributed by atoms with van der Waals surface area (Å²) in [6.45, 7) is 1.30. The normalized spacial score (nSPS) is 12.5. The summed E-state index contributed by atoms with van der Waals surface area (Å²) >= 11 is 0. The van der Waals surface area contributed by atoms with Gasteiger partial charge in [-0.3, -0.25) is 9.32 Å². The van der Waals surface area contributed by atoms with Crippen LogP contribution in [0.1, 0.15) is 107 Å². The molecule has 0 saturated carbocycles. The van der Waals surface area contributed by atoms with Crippen LogP contribution in [0, 0.1) is 0 Å². The van der Waals surface area contributed by atoms with Gasteiger partial charge in [-0.1, -0.05) is 88.6 Å². The summed E-state index contributed by atoms with van der Waals surface area (Å²) in [4.78, 5) is 42.2. The lowest BCUT2D eigenvalue weighted by molar-refractivity contribution is -0.147. The Morgan fingerprint density at radius 1 is 0.838 bits per heavy atom. The summed E-state index contributed by atoms with van der Waals surface area (Å²) < 4.78 is 25.9. The summed E-state index contributed by atoms with van der Waals surface area (Å²) in [5, 5.41) is 0. The lowest BCUT2D eigenvalue weighted by atomic mass is 10.1. The van der Waals surface area contributed by atoms with E-state index in [-0.39, 0.29) is 18.6 Å². The van der Waals surface area contributed by atoms with Crippen LogP contribution in [-0.4, -0.2) is 41.0 Å². The molecule has 0 spiro atoms. The van der Waals surface area contributed by atoms with Gasteiger partial charge in [0.1, 0.15) is 6.61 Å². The largest absolute Gasteiger partial charge is 0.469 e. The van der Waals surface area contributed by atoms with Gasteiger partial charge >= 0.3 is 19.8 Å². The van der Waals surface area contributed by atoms with Crippen LogP contribution in [0.15, 0.2) is 42.5 Å². The van der Waals surface area contributed by atoms with Crippen molar-refractivity contribution in [1.82, 2.24) is 0 Å². The summed E-state index contributed by atoms with van der Waals surface area (Å²) in [5.41, 5.74) is 0.267. The van der Waals surface area contributed by atoms with Crippen molar-refractivity contribution >= 4 is 19.8 Å². The molecule has 0 aliphatic carbocycles. The number of carbonyl (C=O) groups is 2. The van der Waals surface area contributed by atoms with Gasteiger partial charge in [-0.05, 0) is 44.2 Å². The fourth-order valence-electron chi connectivity index (χ4n) is 3.69. The summed E-state index contributed by atoms with van der Waals surface area (Å²) in [5.74, 6) is -1.15. The molecule has 2 N–H and O–H groups in total. The monoisotopic (exact) mass is 540 g/mol. The van der Waals surface area contributed by atoms with Crippen LogP contribution in [0.5, 0.6) is 0 Å². The number of hydrogen-bond donors (Lipinski definition) is 2. The number of ether oxygens (including phenoxy) is 2. The average molecular weight is 541 g/mol. The SMILES string of the molecule is CCCCCCCC/C=C\CCCCCCCC(=O)OCC(COP(=O)(O)O)OC(=O)c1ccccc1. The van der Waals surface area contributed by atoms with Crippen molar-refractivity contribution in [2.45, 2.75) is 103 Å². The van der Waals surface area contributed by atoms with Gasteiger partial charge in [0.15, 0.2) is 6.10 Å². The second kappa shape index (κ2) is 21.0. The highest BCUT2D eigenvalue weighted by Crippen LogP contribution is 2.35. The Morgan fingerprint density at radius 3 is 2.00 bits per heavy atom. The van der Waals surface area contributed by atoms with E-state index >= 15 is 0 Å². The van der Waals surface area contributed by atoms with Gasteiger partial charge in [-0.25, -0.2) is 9.36 Å². The smallest absolute Gasteiger partial charge is 0.462 e. The van der Waals surface area contributed by atoms with E-state index < -0.39 is 32.5 Å². The van der Waals surface area contributed by atoms with E-state index in [1.165, 1.54) is 44.9 Å². The molecule has 0 radical (unpaired) electrons. The Kier molecular flexibility index (Phi) is 18.8. The van der Waals surface area contributed by atoms with Crippen molar-refractivity contribution in [3.63, 3.8) is 0 Å². The van der Waals surface area contributed by atoms with Crippen molar-refractivity contribution in [2.24, 2.45) is 0 Å². The lowest BCUT2D eigenvalue weighted by Gasteiger charge is -2.18. The maximum absolute atomic E-state index is 12.2. The Morgan fingerprint density at radius 2 is 1.41 bits per heavy atom. The first-order chi connectivity index (χ1) is 17.8. The zero-order valence-electron chi connectivity index (χ0n) is 22.2. The minimum atomic E-state index is -4.76. The Bertz CT molecular complexity index is 806. The number of rotatable bonds is 22. The molecule has 1 rings (SSSR count). The molecule has 0 saturated heterocycles. The van der Waals surface area contributed by atoms with Gasteiger partial charge in [0.25, 0.3) is 0 Å². The van der Waals surface area contributed by atoms with Crippen LogP contribution in [-0.2, 0) is 23.4 Å². The van der Waals surface area contributed by atoms with Crippen molar-refractivity contribution < 1.29 is 37.9 Å². The van der Waals surface area contributed by atoms with Gasteiger partial charge in [0.05, 0.1) is 12.2 Å². The van der Waals surface area contributed by atoms with E-state index in [1.54, 1.807) is 30.3 Å². The van der Waals surface area contributed by atoms with Gasteiger partial charge in [-0.2, -0.15) is 0 Å². The van der Waals surface area contributed by atoms with Crippen LogP contribution in [0.3, 0.4) is 0 Å². The molecular weight excluding hydrogens is 495 g/mol. The van der Waals surface area contributed by atoms with Crippen molar-refractivity contribution in [1.29, 1.82) is 0 Å². The summed E-state index contributed by atoms with van der Waals surface area (Å²) in [6, 6.07) is 8.14. The van der Waals surface area contributed by atoms with E-state index in [9.17, 15) is 14.2 Å². The molecule has 1 unspecified atom stereocenters. The van der Waals surface area contributed by atoms with Crippen molar-refractivity contribution in [3.05, 3.63) is 48.0 Å². The number of esters is 2. The molecule has 37 heavy (non-hydrogen) atoms. The second-order valence-corrected chi connectivity index (χ2v) is 10.4. The molecule has 0 fully saturated rings. The third-order valence-corrected chi connectivity index (χ3v) is 6.27. The first-order valence-electron chi connectivity index (χ1n) is 13.6. The Labute approximate surface area is 222 Å². The standard InChI is InChI=1S/C28H45O8P/c1-2-3-4-5-6-7-8-9-10-11-12-13-14-15-19-22-27(29)34-23-26(24-35-37(31,32)33)36-28(30)25-20-17-16-18-21-25/h9-10,16-18,20-21,26H,2-8,11-15,19,22-24H2,1H3,(H2,31,32,33)/b10-9-. The molecular formula is C28H45O8P. The van der Waals surface area contributed by atoms with Gasteiger partial charge in [0.2, 0.25) is 0 Å². The van der Waals surface area contributed by atoms with Crippen molar-refractivity contribution in [3.8, 4) is 0 Å². The predicted octanol–water partition coefficient (Wildman–Crippen LogP) is 6.90. The second-order valence-electron chi connectivity index (χ2n) is 9.20. The Hall–Kier alpha value is -1.99. The van der Waals surface area contributed by atoms with Crippen molar-refractivity contribution in [2.75, 3.05) is 13.2 Å². The van der Waals surface area contributed by atoms with E-state index in [2.05, 4.69) is 23.6 Å². The molecule has 8 nitrogen and oxygen atoms in total. The minimum absolute atomic E-state index is 0.233. The van der Waals surface area contributed by atoms with Crippen LogP contribution in [0.4, 0.5) is 0 Å². The maximum Gasteiger partial charge on any atom is 0.469 e. The first kappa shape index (κ1) is 33.0. The predicted molar refractivity (Wildman–Crippen MR) is 144 cm³/mol. The molecule has 210 valence electrons.